The van der Waals surface area contributed by atoms with Gasteiger partial charge in [0.1, 0.15) is 11.6 Å². The molecule has 2 N–H and O–H groups in total. The molecule has 10 nitrogen and oxygen atoms in total. The molecule has 10 aromatic carbocycles. The number of carbonyl (C=O) groups is 2. The Morgan fingerprint density at radius 1 is 0.344 bits per heavy atom. The Balaban J connectivity index is 0.000000277. The first kappa shape index (κ1) is 87.9. The van der Waals surface area contributed by atoms with Crippen molar-refractivity contribution in [2.24, 2.45) is 10.8 Å². The second-order valence-corrected chi connectivity index (χ2v) is 29.3. The Bertz CT molecular complexity index is 6450. The Morgan fingerprint density at radius 2 is 0.704 bits per heavy atom. The number of aliphatic hydroxyl groups excluding tert-OH is 2. The molecule has 0 spiro atoms. The van der Waals surface area contributed by atoms with Gasteiger partial charge in [-0.3, -0.25) is 9.59 Å². The summed E-state index contributed by atoms with van der Waals surface area (Å²) in [5.74, 6) is -0.185. The van der Waals surface area contributed by atoms with Crippen LogP contribution in [0.15, 0.2) is 382 Å². The molecule has 0 aliphatic rings. The van der Waals surface area contributed by atoms with E-state index in [4.69, 9.17) is 18.8 Å². The summed E-state index contributed by atoms with van der Waals surface area (Å²) in [6, 6.07) is 98.2. The topological polar surface area (TPSA) is 152 Å². The van der Waals surface area contributed by atoms with Crippen molar-refractivity contribution < 1.29 is 118 Å². The van der Waals surface area contributed by atoms with Crippen LogP contribution in [0.3, 0.4) is 0 Å². The molecule has 4 radical (unpaired) electrons. The molecule has 0 saturated heterocycles. The minimum Gasteiger partial charge on any atom is -0.512 e. The van der Waals surface area contributed by atoms with Crippen LogP contribution < -0.4 is 0 Å². The van der Waals surface area contributed by atoms with Crippen LogP contribution >= 0.6 is 0 Å². The van der Waals surface area contributed by atoms with Crippen molar-refractivity contribution in [1.29, 1.82) is 0 Å². The molecule has 0 unspecified atom stereocenters. The first-order valence-corrected chi connectivity index (χ1v) is 38.8. The van der Waals surface area contributed by atoms with Crippen molar-refractivity contribution in [2.75, 3.05) is 0 Å². The van der Waals surface area contributed by atoms with E-state index >= 15 is 0 Å². The molecule has 15 heteroatoms. The molecule has 125 heavy (non-hydrogen) atoms. The number of pyridine rings is 6. The average molecular weight is 2370 g/mol. The summed E-state index contributed by atoms with van der Waals surface area (Å²) >= 11 is 0. The summed E-state index contributed by atoms with van der Waals surface area (Å²) in [6.45, 7) is 22.0. The normalized spacial score (nSPS) is 11.5. The van der Waals surface area contributed by atoms with Gasteiger partial charge in [0.15, 0.2) is 11.6 Å². The minimum atomic E-state index is -0.417. The van der Waals surface area contributed by atoms with E-state index in [1.165, 1.54) is 66.6 Å². The second kappa shape index (κ2) is 53.9. The number of nitrogens with zero attached hydrogens (tertiary/aromatic N) is 6. The summed E-state index contributed by atoms with van der Waals surface area (Å²) in [5.41, 5.74) is 20.3. The van der Waals surface area contributed by atoms with Crippen molar-refractivity contribution in [2.45, 2.75) is 83.1 Å². The number of aliphatic hydroxyl groups is 2. The fourth-order valence-corrected chi connectivity index (χ4v) is 11.1. The number of carbonyl (C=O) groups excluding carboxylic acids is 2. The van der Waals surface area contributed by atoms with Crippen LogP contribution in [0.1, 0.15) is 91.4 Å². The fraction of sp³-hybridized carbons (Fsp3) is 0.127. The third kappa shape index (κ3) is 34.6. The number of halogens is 1. The van der Waals surface area contributed by atoms with E-state index in [0.29, 0.717) is 16.8 Å². The van der Waals surface area contributed by atoms with E-state index in [2.05, 4.69) is 104 Å². The molecule has 0 fully saturated rings. The average Bonchev–Trinajstić information content (AvgIpc) is 0.772. The standard InChI is InChI=1S/C18H13FN.2C18H14N.C17H12N.C12H10N.C11H8N.C11H20O2.C5H8O2.4Ir/c1-13-11-18(15-5-3-2-4-6-15)20-12-17(13)14-7-9-16(19)10-8-14;2*1-14-12-18(16-10-6-3-7-11-16)19-13-17(14)15-8-4-2-5-9-15;1-3-7-14(8-4-1)16-11-12-17(18-13-16)15-9-5-2-6-10-15;1-10-6-5-9-13-12(10)11-7-3-2-4-8-11;1-2-6-10(7-3-1)11-8-4-5-9-12-11;1-10(2,3)8(12)7-9(13)11(4,5)6;1-4(6)3-5(2)7;;;;/h2-5,7-12H,1H3;2*2-10,12-13H,1H3;1-9,11-13H;2-7,9H,1H3;1-6,8-9H;7,12H,1-6H3;3,6H,1-2H3;;;;/q6*-1;;;;;;/i;2D,4D,5D,8D,9D;;1D,3D,4D,7D,8D;;;;;;;;. The molecule has 16 aromatic rings. The monoisotopic (exact) mass is 2370 g/mol. The van der Waals surface area contributed by atoms with Gasteiger partial charge in [0.05, 0.1) is 19.5 Å². The van der Waals surface area contributed by atoms with Crippen molar-refractivity contribution in [3.63, 3.8) is 0 Å². The second-order valence-electron chi connectivity index (χ2n) is 29.3. The molecule has 0 aliphatic carbocycles. The Hall–Kier alpha value is -12.0. The molecule has 0 bridgehead atoms. The number of aryl methyl sites for hydroxylation is 4. The quantitative estimate of drug-likeness (QED) is 0.0687. The molecule has 16 rings (SSSR count). The van der Waals surface area contributed by atoms with E-state index in [1.54, 1.807) is 48.8 Å². The maximum absolute atomic E-state index is 13.0. The third-order valence-corrected chi connectivity index (χ3v) is 17.6. The van der Waals surface area contributed by atoms with Gasteiger partial charge in [0, 0.05) is 157 Å². The predicted molar refractivity (Wildman–Crippen MR) is 493 cm³/mol. The third-order valence-electron chi connectivity index (χ3n) is 17.6. The van der Waals surface area contributed by atoms with Gasteiger partial charge in [-0.05, 0) is 144 Å². The van der Waals surface area contributed by atoms with Crippen LogP contribution in [0.5, 0.6) is 0 Å². The van der Waals surface area contributed by atoms with Gasteiger partial charge in [-0.2, -0.15) is 0 Å². The van der Waals surface area contributed by atoms with Crippen molar-refractivity contribution in [3.05, 3.63) is 447 Å². The Kier molecular flexibility index (Phi) is 37.9. The van der Waals surface area contributed by atoms with Crippen molar-refractivity contribution in [3.8, 4) is 112 Å². The Morgan fingerprint density at radius 3 is 1.05 bits per heavy atom. The van der Waals surface area contributed by atoms with Gasteiger partial charge in [0.25, 0.3) is 0 Å². The molecule has 0 atom stereocenters. The number of hydrogen-bond donors (Lipinski definition) is 2. The number of rotatable bonds is 12. The van der Waals surface area contributed by atoms with Crippen molar-refractivity contribution in [1.82, 2.24) is 29.9 Å². The van der Waals surface area contributed by atoms with E-state index < -0.39 is 17.5 Å². The van der Waals surface area contributed by atoms with Gasteiger partial charge in [-0.25, -0.2) is 4.39 Å². The summed E-state index contributed by atoms with van der Waals surface area (Å²) in [4.78, 5) is 47.8. The van der Waals surface area contributed by atoms with Crippen LogP contribution in [0.2, 0.25) is 0 Å². The maximum atomic E-state index is 13.0. The number of hydrogen-bond acceptors (Lipinski definition) is 10. The zero-order valence-electron chi connectivity index (χ0n) is 81.1. The SMILES string of the molecule is CC(=O)C=C(C)O.CC(C)(C)C(=O)C=C(O)C(C)(C)C.Cc1cc(-c2[c-]cccc2)ncc1-c1ccc(F)cc1.Cc1cc(-c2[c-]cccc2)ncc1-c1ccccc1.Cc1cccnc1-c1[c-]cccc1.[2H]c1c([2H])c([2H])c(-c2ccc(-c3[c-]cccc3)nc2)c([2H])c1[2H].[2H]c1c([2H])c([2H])c(-c2cnc(-c3[c-]cccc3)cc2C)c([2H])c1[2H].[Ir].[Ir].[Ir].[Ir].[c-]1ccccc1-c1ccccn1. The molecular weight excluding hydrogens is 2260 g/mol. The first-order valence-electron chi connectivity index (χ1n) is 43.8. The van der Waals surface area contributed by atoms with Gasteiger partial charge in [0.2, 0.25) is 0 Å². The molecule has 0 amide bonds. The fourth-order valence-electron chi connectivity index (χ4n) is 11.1. The summed E-state index contributed by atoms with van der Waals surface area (Å²) < 4.78 is 91.5. The van der Waals surface area contributed by atoms with E-state index in [9.17, 15) is 19.1 Å². The largest absolute Gasteiger partial charge is 0.512 e. The summed E-state index contributed by atoms with van der Waals surface area (Å²) in [5, 5.41) is 17.9. The van der Waals surface area contributed by atoms with Gasteiger partial charge < -0.3 is 40.1 Å². The smallest absolute Gasteiger partial charge is 0.164 e. The predicted octanol–water partition coefficient (Wildman–Crippen LogP) is 27.5. The molecule has 6 aromatic heterocycles. The molecule has 6 heterocycles. The van der Waals surface area contributed by atoms with Crippen molar-refractivity contribution >= 4 is 11.6 Å². The minimum absolute atomic E-state index is 0. The number of benzene rings is 10. The van der Waals surface area contributed by atoms with Gasteiger partial charge in [-0.1, -0.05) is 199 Å². The van der Waals surface area contributed by atoms with Crippen LogP contribution in [0.4, 0.5) is 4.39 Å². The number of aromatic nitrogens is 6. The molecule has 0 saturated carbocycles. The Labute approximate surface area is 806 Å². The molecule has 0 aliphatic heterocycles. The van der Waals surface area contributed by atoms with E-state index in [0.717, 1.165) is 84.1 Å². The number of allylic oxidation sites excluding steroid dienone is 4. The zero-order chi connectivity index (χ0) is 95.1. The van der Waals surface area contributed by atoms with Crippen LogP contribution in [0, 0.1) is 80.7 Å². The summed E-state index contributed by atoms with van der Waals surface area (Å²) in [6.07, 6.45) is 12.9. The van der Waals surface area contributed by atoms with E-state index in [1.807, 2.05) is 262 Å². The summed E-state index contributed by atoms with van der Waals surface area (Å²) in [7, 11) is 0. The molecular formula is C110H99FIr4N6O4-6. The first-order chi connectivity index (χ1) is 62.5. The van der Waals surface area contributed by atoms with Crippen LogP contribution in [-0.2, 0) is 90.0 Å². The number of ketones is 2. The van der Waals surface area contributed by atoms with Gasteiger partial charge in [-0.15, -0.1) is 215 Å². The molecule has 642 valence electrons. The maximum Gasteiger partial charge on any atom is 0.164 e. The van der Waals surface area contributed by atoms with Crippen LogP contribution in [-0.4, -0.2) is 51.7 Å². The van der Waals surface area contributed by atoms with Crippen LogP contribution in [0.25, 0.3) is 112 Å². The zero-order valence-corrected chi connectivity index (χ0v) is 80.6. The van der Waals surface area contributed by atoms with Gasteiger partial charge >= 0.3 is 0 Å². The van der Waals surface area contributed by atoms with E-state index in [-0.39, 0.29) is 174 Å².